The first kappa shape index (κ1) is 10.3. The van der Waals surface area contributed by atoms with E-state index in [4.69, 9.17) is 0 Å². The van der Waals surface area contributed by atoms with Gasteiger partial charge in [0.2, 0.25) is 0 Å². The Balaban J connectivity index is 2.69. The van der Waals surface area contributed by atoms with Gasteiger partial charge in [0, 0.05) is 17.9 Å². The van der Waals surface area contributed by atoms with Crippen molar-refractivity contribution in [3.8, 4) is 0 Å². The molecule has 1 aromatic carbocycles. The summed E-state index contributed by atoms with van der Waals surface area (Å²) in [6.45, 7) is 3.43. The summed E-state index contributed by atoms with van der Waals surface area (Å²) in [5.74, 6) is -1.11. The number of carbonyl (C=O) groups excluding carboxylic acids is 1. The number of halogens is 2. The number of benzene rings is 1. The van der Waals surface area contributed by atoms with E-state index in [1.807, 2.05) is 0 Å². The van der Waals surface area contributed by atoms with E-state index in [1.165, 1.54) is 6.07 Å². The van der Waals surface area contributed by atoms with Gasteiger partial charge in [-0.3, -0.25) is 4.79 Å². The maximum absolute atomic E-state index is 13.5. The van der Waals surface area contributed by atoms with Crippen molar-refractivity contribution in [2.75, 3.05) is 0 Å². The van der Waals surface area contributed by atoms with Gasteiger partial charge >= 0.3 is 0 Å². The molecule has 0 bridgehead atoms. The van der Waals surface area contributed by atoms with Gasteiger partial charge < -0.3 is 0 Å². The van der Waals surface area contributed by atoms with E-state index in [-0.39, 0.29) is 5.78 Å². The Morgan fingerprint density at radius 2 is 1.87 bits per heavy atom. The second-order valence-electron chi connectivity index (χ2n) is 4.46. The van der Waals surface area contributed by atoms with E-state index in [1.54, 1.807) is 13.8 Å². The summed E-state index contributed by atoms with van der Waals surface area (Å²) in [7, 11) is 0. The summed E-state index contributed by atoms with van der Waals surface area (Å²) < 4.78 is 26.5. The van der Waals surface area contributed by atoms with E-state index in [0.717, 1.165) is 6.07 Å². The lowest BCUT2D eigenvalue weighted by Crippen LogP contribution is -2.35. The Morgan fingerprint density at radius 1 is 1.20 bits per heavy atom. The van der Waals surface area contributed by atoms with Crippen LogP contribution in [0.25, 0.3) is 0 Å². The van der Waals surface area contributed by atoms with Crippen LogP contribution in [0.15, 0.2) is 12.1 Å². The molecule has 0 unspecified atom stereocenters. The van der Waals surface area contributed by atoms with Crippen LogP contribution in [0.2, 0.25) is 0 Å². The standard InChI is InChI=1S/C12H12F2O/c1-12(2)9-5-7(13)6-10(14)8(9)3-4-11(12)15/h5-6H,3-4H2,1-2H3. The molecular formula is C12H12F2O. The van der Waals surface area contributed by atoms with Crippen LogP contribution in [-0.4, -0.2) is 5.78 Å². The van der Waals surface area contributed by atoms with Crippen molar-refractivity contribution in [1.82, 2.24) is 0 Å². The number of carbonyl (C=O) groups is 1. The molecule has 3 heteroatoms. The van der Waals surface area contributed by atoms with Crippen LogP contribution in [0.4, 0.5) is 8.78 Å². The summed E-state index contributed by atoms with van der Waals surface area (Å²) >= 11 is 0. The first-order chi connectivity index (χ1) is 6.93. The average molecular weight is 210 g/mol. The van der Waals surface area contributed by atoms with Gasteiger partial charge in [-0.1, -0.05) is 0 Å². The Labute approximate surface area is 87.1 Å². The Bertz CT molecular complexity index is 435. The normalized spacial score (nSPS) is 18.8. The van der Waals surface area contributed by atoms with Crippen molar-refractivity contribution in [2.45, 2.75) is 32.1 Å². The first-order valence-electron chi connectivity index (χ1n) is 4.94. The molecule has 0 aromatic heterocycles. The van der Waals surface area contributed by atoms with Crippen molar-refractivity contribution in [3.05, 3.63) is 34.9 Å². The van der Waals surface area contributed by atoms with Gasteiger partial charge in [0.1, 0.15) is 17.4 Å². The zero-order valence-electron chi connectivity index (χ0n) is 8.73. The van der Waals surface area contributed by atoms with E-state index < -0.39 is 17.0 Å². The third-order valence-corrected chi connectivity index (χ3v) is 3.13. The molecule has 0 aliphatic heterocycles. The summed E-state index contributed by atoms with van der Waals surface area (Å²) in [5.41, 5.74) is 0.216. The molecule has 0 amide bonds. The fourth-order valence-electron chi connectivity index (χ4n) is 2.12. The van der Waals surface area contributed by atoms with Crippen molar-refractivity contribution in [3.63, 3.8) is 0 Å². The van der Waals surface area contributed by atoms with Crippen LogP contribution in [0, 0.1) is 11.6 Å². The third kappa shape index (κ3) is 1.46. The molecule has 0 atom stereocenters. The average Bonchev–Trinajstić information content (AvgIpc) is 2.12. The predicted molar refractivity (Wildman–Crippen MR) is 52.7 cm³/mol. The lowest BCUT2D eigenvalue weighted by Gasteiger charge is -2.31. The second kappa shape index (κ2) is 3.12. The molecular weight excluding hydrogens is 198 g/mol. The minimum Gasteiger partial charge on any atom is -0.299 e. The summed E-state index contributed by atoms with van der Waals surface area (Å²) in [6.07, 6.45) is 0.715. The number of Topliss-reactive ketones (excluding diaryl/α,β-unsaturated/α-hetero) is 1. The molecule has 2 rings (SSSR count). The molecule has 15 heavy (non-hydrogen) atoms. The fourth-order valence-corrected chi connectivity index (χ4v) is 2.12. The molecule has 1 aliphatic carbocycles. The van der Waals surface area contributed by atoms with Gasteiger partial charge in [-0.2, -0.15) is 0 Å². The van der Waals surface area contributed by atoms with Gasteiger partial charge in [-0.05, 0) is 37.5 Å². The van der Waals surface area contributed by atoms with Gasteiger partial charge in [0.05, 0.1) is 0 Å². The molecule has 1 aliphatic rings. The van der Waals surface area contributed by atoms with Crippen LogP contribution in [0.3, 0.4) is 0 Å². The third-order valence-electron chi connectivity index (χ3n) is 3.13. The number of ketones is 1. The van der Waals surface area contributed by atoms with Gasteiger partial charge in [-0.25, -0.2) is 8.78 Å². The quantitative estimate of drug-likeness (QED) is 0.643. The summed E-state index contributed by atoms with van der Waals surface area (Å²) in [6, 6.07) is 2.15. The zero-order valence-corrected chi connectivity index (χ0v) is 8.73. The zero-order chi connectivity index (χ0) is 11.2. The molecule has 0 radical (unpaired) electrons. The van der Waals surface area contributed by atoms with E-state index >= 15 is 0 Å². The minimum atomic E-state index is -0.767. The molecule has 0 heterocycles. The van der Waals surface area contributed by atoms with Crippen molar-refractivity contribution < 1.29 is 13.6 Å². The SMILES string of the molecule is CC1(C)C(=O)CCc2c(F)cc(F)cc21. The lowest BCUT2D eigenvalue weighted by atomic mass is 9.71. The molecule has 1 nitrogen and oxygen atoms in total. The maximum atomic E-state index is 13.5. The van der Waals surface area contributed by atoms with Crippen LogP contribution >= 0.6 is 0 Å². The highest BCUT2D eigenvalue weighted by Crippen LogP contribution is 2.35. The Kier molecular flexibility index (Phi) is 2.14. The number of hydrogen-bond donors (Lipinski definition) is 0. The van der Waals surface area contributed by atoms with Crippen molar-refractivity contribution in [1.29, 1.82) is 0 Å². The van der Waals surface area contributed by atoms with Crippen molar-refractivity contribution >= 4 is 5.78 Å². The highest BCUT2D eigenvalue weighted by Gasteiger charge is 2.36. The fraction of sp³-hybridized carbons (Fsp3) is 0.417. The topological polar surface area (TPSA) is 17.1 Å². The molecule has 1 aromatic rings. The predicted octanol–water partition coefficient (Wildman–Crippen LogP) is 2.76. The number of fused-ring (bicyclic) bond motifs is 1. The van der Waals surface area contributed by atoms with Crippen LogP contribution in [0.5, 0.6) is 0 Å². The maximum Gasteiger partial charge on any atom is 0.143 e. The van der Waals surface area contributed by atoms with E-state index in [0.29, 0.717) is 24.0 Å². The van der Waals surface area contributed by atoms with Crippen LogP contribution in [-0.2, 0) is 16.6 Å². The summed E-state index contributed by atoms with van der Waals surface area (Å²) in [5, 5.41) is 0. The lowest BCUT2D eigenvalue weighted by molar-refractivity contribution is -0.124. The van der Waals surface area contributed by atoms with E-state index in [9.17, 15) is 13.6 Å². The highest BCUT2D eigenvalue weighted by atomic mass is 19.1. The highest BCUT2D eigenvalue weighted by molar-refractivity contribution is 5.91. The summed E-state index contributed by atoms with van der Waals surface area (Å²) in [4.78, 5) is 11.7. The molecule has 0 N–H and O–H groups in total. The van der Waals surface area contributed by atoms with Crippen LogP contribution < -0.4 is 0 Å². The van der Waals surface area contributed by atoms with Crippen molar-refractivity contribution in [2.24, 2.45) is 0 Å². The minimum absolute atomic E-state index is 0.0417. The largest absolute Gasteiger partial charge is 0.299 e. The molecule has 0 fully saturated rings. The smallest absolute Gasteiger partial charge is 0.143 e. The Morgan fingerprint density at radius 3 is 2.53 bits per heavy atom. The monoisotopic (exact) mass is 210 g/mol. The first-order valence-corrected chi connectivity index (χ1v) is 4.94. The van der Waals surface area contributed by atoms with Gasteiger partial charge in [0.15, 0.2) is 0 Å². The molecule has 0 saturated heterocycles. The molecule has 80 valence electrons. The number of rotatable bonds is 0. The van der Waals surface area contributed by atoms with E-state index in [2.05, 4.69) is 0 Å². The molecule has 0 spiro atoms. The Hall–Kier alpha value is -1.25. The van der Waals surface area contributed by atoms with Crippen LogP contribution in [0.1, 0.15) is 31.4 Å². The second-order valence-corrected chi connectivity index (χ2v) is 4.46. The number of hydrogen-bond acceptors (Lipinski definition) is 1. The molecule has 0 saturated carbocycles. The van der Waals surface area contributed by atoms with Gasteiger partial charge in [0.25, 0.3) is 0 Å². The van der Waals surface area contributed by atoms with Gasteiger partial charge in [-0.15, -0.1) is 0 Å².